The van der Waals surface area contributed by atoms with Crippen molar-refractivity contribution in [2.45, 2.75) is 44.7 Å². The molecule has 1 saturated heterocycles. The zero-order chi connectivity index (χ0) is 18.8. The molecule has 2 aromatic rings. The maximum absolute atomic E-state index is 12.3. The molecular weight excluding hydrogens is 340 g/mol. The molecule has 4 rings (SSSR count). The van der Waals surface area contributed by atoms with Crippen molar-refractivity contribution in [1.29, 1.82) is 0 Å². The van der Waals surface area contributed by atoms with E-state index in [1.807, 2.05) is 31.4 Å². The number of hydrogen-bond donors (Lipinski definition) is 0. The number of likely N-dealkylation sites (tertiary alicyclic amines) is 1. The van der Waals surface area contributed by atoms with Gasteiger partial charge in [0.15, 0.2) is 0 Å². The molecule has 2 aliphatic rings. The third kappa shape index (κ3) is 4.53. The average molecular weight is 368 g/mol. The van der Waals surface area contributed by atoms with Crippen molar-refractivity contribution in [2.75, 3.05) is 32.1 Å². The second kappa shape index (κ2) is 7.76. The fourth-order valence-electron chi connectivity index (χ4n) is 3.70. The molecule has 2 aromatic heterocycles. The maximum atomic E-state index is 12.3. The third-order valence-corrected chi connectivity index (χ3v) is 5.56. The molecule has 2 fully saturated rings. The van der Waals surface area contributed by atoms with Crippen molar-refractivity contribution in [3.05, 3.63) is 46.4 Å². The molecule has 7 nitrogen and oxygen atoms in total. The Kier molecular flexibility index (Phi) is 5.20. The average Bonchev–Trinajstić information content (AvgIpc) is 3.51. The quantitative estimate of drug-likeness (QED) is 0.776. The van der Waals surface area contributed by atoms with Crippen molar-refractivity contribution in [1.82, 2.24) is 24.4 Å². The Morgan fingerprint density at radius 2 is 1.78 bits per heavy atom. The van der Waals surface area contributed by atoms with Crippen molar-refractivity contribution >= 4 is 5.95 Å². The highest BCUT2D eigenvalue weighted by molar-refractivity contribution is 5.26. The van der Waals surface area contributed by atoms with E-state index in [0.29, 0.717) is 11.8 Å². The molecule has 0 radical (unpaired) electrons. The minimum absolute atomic E-state index is 0.104. The van der Waals surface area contributed by atoms with E-state index in [4.69, 9.17) is 0 Å². The molecule has 27 heavy (non-hydrogen) atoms. The van der Waals surface area contributed by atoms with Crippen molar-refractivity contribution in [3.63, 3.8) is 0 Å². The number of nitrogens with zero attached hydrogens (tertiary/aromatic N) is 6. The van der Waals surface area contributed by atoms with E-state index in [2.05, 4.69) is 19.9 Å². The molecule has 0 unspecified atom stereocenters. The Labute approximate surface area is 160 Å². The van der Waals surface area contributed by atoms with Crippen LogP contribution < -0.4 is 10.5 Å². The number of rotatable bonds is 6. The summed E-state index contributed by atoms with van der Waals surface area (Å²) in [5.41, 5.74) is 2.23. The Bertz CT molecular complexity index is 819. The lowest BCUT2D eigenvalue weighted by molar-refractivity contribution is 0.166. The van der Waals surface area contributed by atoms with E-state index < -0.39 is 0 Å². The lowest BCUT2D eigenvalue weighted by Gasteiger charge is -2.32. The molecule has 0 aromatic carbocycles. The van der Waals surface area contributed by atoms with Gasteiger partial charge < -0.3 is 4.90 Å². The number of aromatic nitrogens is 4. The van der Waals surface area contributed by atoms with Gasteiger partial charge in [0.05, 0.1) is 12.0 Å². The van der Waals surface area contributed by atoms with E-state index in [-0.39, 0.29) is 5.56 Å². The lowest BCUT2D eigenvalue weighted by Crippen LogP contribution is -2.36. The van der Waals surface area contributed by atoms with Crippen LogP contribution in [0.15, 0.2) is 29.6 Å². The van der Waals surface area contributed by atoms with Gasteiger partial charge in [-0.05, 0) is 44.7 Å². The molecule has 0 amide bonds. The van der Waals surface area contributed by atoms with E-state index in [1.165, 1.54) is 12.8 Å². The molecule has 0 N–H and O–H groups in total. The van der Waals surface area contributed by atoms with Crippen LogP contribution >= 0.6 is 0 Å². The molecule has 1 saturated carbocycles. The SMILES string of the molecule is CN(C)c1ncc(CN2CCC(Cn3cnc(C4CC4)cc3=O)CC2)cn1. The summed E-state index contributed by atoms with van der Waals surface area (Å²) in [5, 5.41) is 0. The predicted octanol–water partition coefficient (Wildman–Crippen LogP) is 1.89. The van der Waals surface area contributed by atoms with Crippen LogP contribution in [-0.2, 0) is 13.1 Å². The second-order valence-corrected chi connectivity index (χ2v) is 8.08. The Morgan fingerprint density at radius 1 is 1.07 bits per heavy atom. The summed E-state index contributed by atoms with van der Waals surface area (Å²) < 4.78 is 1.79. The zero-order valence-electron chi connectivity index (χ0n) is 16.2. The molecule has 1 aliphatic carbocycles. The largest absolute Gasteiger partial charge is 0.347 e. The summed E-state index contributed by atoms with van der Waals surface area (Å²) in [6, 6.07) is 1.74. The highest BCUT2D eigenvalue weighted by Crippen LogP contribution is 2.38. The van der Waals surface area contributed by atoms with Crippen LogP contribution in [0.4, 0.5) is 5.95 Å². The monoisotopic (exact) mass is 368 g/mol. The predicted molar refractivity (Wildman–Crippen MR) is 105 cm³/mol. The Hall–Kier alpha value is -2.28. The minimum atomic E-state index is 0.104. The number of piperidine rings is 1. The molecule has 0 atom stereocenters. The van der Waals surface area contributed by atoms with Crippen LogP contribution in [-0.4, -0.2) is 51.6 Å². The van der Waals surface area contributed by atoms with Gasteiger partial charge in [0.2, 0.25) is 5.95 Å². The fourth-order valence-corrected chi connectivity index (χ4v) is 3.70. The first-order chi connectivity index (χ1) is 13.1. The van der Waals surface area contributed by atoms with E-state index in [1.54, 1.807) is 17.0 Å². The van der Waals surface area contributed by atoms with Crippen LogP contribution in [0.1, 0.15) is 42.9 Å². The molecular formula is C20H28N6O. The van der Waals surface area contributed by atoms with Crippen LogP contribution in [0.2, 0.25) is 0 Å². The summed E-state index contributed by atoms with van der Waals surface area (Å²) in [4.78, 5) is 29.9. The van der Waals surface area contributed by atoms with Crippen molar-refractivity contribution in [3.8, 4) is 0 Å². The van der Waals surface area contributed by atoms with E-state index in [9.17, 15) is 4.79 Å². The van der Waals surface area contributed by atoms with Crippen LogP contribution in [0.5, 0.6) is 0 Å². The second-order valence-electron chi connectivity index (χ2n) is 8.08. The molecule has 3 heterocycles. The first kappa shape index (κ1) is 18.1. The van der Waals surface area contributed by atoms with E-state index in [0.717, 1.165) is 56.2 Å². The van der Waals surface area contributed by atoms with Gasteiger partial charge in [-0.1, -0.05) is 0 Å². The first-order valence-corrected chi connectivity index (χ1v) is 9.85. The van der Waals surface area contributed by atoms with Gasteiger partial charge in [-0.15, -0.1) is 0 Å². The van der Waals surface area contributed by atoms with Gasteiger partial charge in [-0.2, -0.15) is 0 Å². The van der Waals surface area contributed by atoms with Gasteiger partial charge in [0.25, 0.3) is 5.56 Å². The highest BCUT2D eigenvalue weighted by atomic mass is 16.1. The topological polar surface area (TPSA) is 67.2 Å². The van der Waals surface area contributed by atoms with Crippen LogP contribution in [0.25, 0.3) is 0 Å². The van der Waals surface area contributed by atoms with Gasteiger partial charge in [-0.3, -0.25) is 14.3 Å². The first-order valence-electron chi connectivity index (χ1n) is 9.85. The number of anilines is 1. The van der Waals surface area contributed by atoms with Crippen molar-refractivity contribution in [2.24, 2.45) is 5.92 Å². The number of hydrogen-bond acceptors (Lipinski definition) is 6. The summed E-state index contributed by atoms with van der Waals surface area (Å²) in [6.45, 7) is 3.76. The zero-order valence-corrected chi connectivity index (χ0v) is 16.2. The van der Waals surface area contributed by atoms with E-state index >= 15 is 0 Å². The summed E-state index contributed by atoms with van der Waals surface area (Å²) >= 11 is 0. The smallest absolute Gasteiger partial charge is 0.253 e. The van der Waals surface area contributed by atoms with Gasteiger partial charge in [0.1, 0.15) is 0 Å². The molecule has 1 aliphatic heterocycles. The van der Waals surface area contributed by atoms with Gasteiger partial charge in [-0.25, -0.2) is 15.0 Å². The summed E-state index contributed by atoms with van der Waals surface area (Å²) in [6.07, 6.45) is 10.2. The summed E-state index contributed by atoms with van der Waals surface area (Å²) in [7, 11) is 3.89. The van der Waals surface area contributed by atoms with Gasteiger partial charge in [0, 0.05) is 57.1 Å². The van der Waals surface area contributed by atoms with Gasteiger partial charge >= 0.3 is 0 Å². The molecule has 0 bridgehead atoms. The normalized spacial score (nSPS) is 18.6. The van der Waals surface area contributed by atoms with Crippen molar-refractivity contribution < 1.29 is 0 Å². The Morgan fingerprint density at radius 3 is 2.37 bits per heavy atom. The fraction of sp³-hybridized carbons (Fsp3) is 0.600. The van der Waals surface area contributed by atoms with Crippen LogP contribution in [0, 0.1) is 5.92 Å². The summed E-state index contributed by atoms with van der Waals surface area (Å²) in [5.74, 6) is 1.82. The maximum Gasteiger partial charge on any atom is 0.253 e. The van der Waals surface area contributed by atoms with Crippen LogP contribution in [0.3, 0.4) is 0 Å². The third-order valence-electron chi connectivity index (χ3n) is 5.56. The minimum Gasteiger partial charge on any atom is -0.347 e. The lowest BCUT2D eigenvalue weighted by atomic mass is 9.96. The highest BCUT2D eigenvalue weighted by Gasteiger charge is 2.26. The Balaban J connectivity index is 1.28. The molecule has 144 valence electrons. The molecule has 7 heteroatoms. The molecule has 0 spiro atoms. The standard InChI is InChI=1S/C20H28N6O/c1-24(2)20-21-10-16(11-22-20)12-25-7-5-15(6-8-25)13-26-14-23-18(9-19(26)27)17-3-4-17/h9-11,14-15,17H,3-8,12-13H2,1-2H3.